The van der Waals surface area contributed by atoms with Gasteiger partial charge in [-0.1, -0.05) is 24.3 Å². The van der Waals surface area contributed by atoms with Crippen molar-refractivity contribution >= 4 is 17.2 Å². The number of aliphatic hydroxyl groups excluding tert-OH is 1. The summed E-state index contributed by atoms with van der Waals surface area (Å²) in [6.07, 6.45) is 3.87. The van der Waals surface area contributed by atoms with Gasteiger partial charge in [-0.15, -0.1) is 11.3 Å². The van der Waals surface area contributed by atoms with E-state index in [0.717, 1.165) is 37.5 Å². The number of likely N-dealkylation sites (N-methyl/N-ethyl adjacent to an activating group) is 1. The Kier molecular flexibility index (Phi) is 5.05. The third-order valence-corrected chi connectivity index (χ3v) is 7.05. The number of carbonyl (C=O) groups excluding carboxylic acids is 1. The van der Waals surface area contributed by atoms with Gasteiger partial charge in [0.1, 0.15) is 5.01 Å². The molecule has 3 heterocycles. The number of hydrogen-bond donors (Lipinski definition) is 1. The van der Waals surface area contributed by atoms with Gasteiger partial charge in [0.25, 0.3) is 0 Å². The molecule has 0 saturated carbocycles. The van der Waals surface area contributed by atoms with Crippen LogP contribution in [0.5, 0.6) is 0 Å². The number of amides is 1. The lowest BCUT2D eigenvalue weighted by Gasteiger charge is -2.46. The van der Waals surface area contributed by atoms with Crippen molar-refractivity contribution in [2.24, 2.45) is 5.41 Å². The molecule has 1 amide bonds. The minimum Gasteiger partial charge on any atom is -0.391 e. The van der Waals surface area contributed by atoms with Gasteiger partial charge in [-0.25, -0.2) is 4.98 Å². The first-order valence-corrected chi connectivity index (χ1v) is 10.5. The van der Waals surface area contributed by atoms with Crippen LogP contribution in [0.2, 0.25) is 0 Å². The number of benzene rings is 1. The van der Waals surface area contributed by atoms with Gasteiger partial charge in [0.05, 0.1) is 11.5 Å². The number of aliphatic hydroxyl groups is 1. The first kappa shape index (κ1) is 18.6. The second-order valence-electron chi connectivity index (χ2n) is 8.05. The largest absolute Gasteiger partial charge is 0.391 e. The van der Waals surface area contributed by atoms with Gasteiger partial charge in [0.2, 0.25) is 5.91 Å². The number of likely N-dealkylation sites (tertiary alicyclic amines) is 2. The predicted octanol–water partition coefficient (Wildman–Crippen LogP) is 2.92. The van der Waals surface area contributed by atoms with E-state index in [1.165, 1.54) is 16.0 Å². The minimum absolute atomic E-state index is 0.215. The number of aryl methyl sites for hydroxylation is 1. The maximum atomic E-state index is 12.7. The lowest BCUT2D eigenvalue weighted by atomic mass is 9.71. The number of carbonyl (C=O) groups is 1. The van der Waals surface area contributed by atoms with Crippen molar-refractivity contribution in [1.82, 2.24) is 14.8 Å². The molecule has 6 heteroatoms. The van der Waals surface area contributed by atoms with Crippen LogP contribution in [0, 0.1) is 12.3 Å². The summed E-state index contributed by atoms with van der Waals surface area (Å²) in [4.78, 5) is 22.7. The second-order valence-corrected chi connectivity index (χ2v) is 9.16. The van der Waals surface area contributed by atoms with Gasteiger partial charge in [-0.05, 0) is 44.8 Å². The summed E-state index contributed by atoms with van der Waals surface area (Å²) in [5, 5.41) is 11.2. The van der Waals surface area contributed by atoms with Gasteiger partial charge in [0.15, 0.2) is 0 Å². The van der Waals surface area contributed by atoms with Crippen LogP contribution in [0.3, 0.4) is 0 Å². The SMILES string of the molecule is Cc1ccccc1-c1ncc(CN2CCC3(CC2)CC(O)CN(C)C3=O)s1. The van der Waals surface area contributed by atoms with E-state index in [9.17, 15) is 9.90 Å². The number of nitrogens with zero attached hydrogens (tertiary/aromatic N) is 3. The van der Waals surface area contributed by atoms with Crippen LogP contribution in [-0.4, -0.2) is 58.6 Å². The van der Waals surface area contributed by atoms with Crippen LogP contribution in [0.15, 0.2) is 30.5 Å². The summed E-state index contributed by atoms with van der Waals surface area (Å²) in [5.74, 6) is 0.215. The molecule has 1 aromatic carbocycles. The Labute approximate surface area is 164 Å². The summed E-state index contributed by atoms with van der Waals surface area (Å²) >= 11 is 1.75. The van der Waals surface area contributed by atoms with Gasteiger partial charge in [0, 0.05) is 36.8 Å². The molecule has 2 saturated heterocycles. The molecule has 1 N–H and O–H groups in total. The van der Waals surface area contributed by atoms with Crippen LogP contribution < -0.4 is 0 Å². The van der Waals surface area contributed by atoms with E-state index in [1.807, 2.05) is 13.2 Å². The maximum absolute atomic E-state index is 12.7. The summed E-state index contributed by atoms with van der Waals surface area (Å²) in [6, 6.07) is 8.35. The second kappa shape index (κ2) is 7.34. The number of hydrogen-bond acceptors (Lipinski definition) is 5. The van der Waals surface area contributed by atoms with Gasteiger partial charge in [-0.2, -0.15) is 0 Å². The predicted molar refractivity (Wildman–Crippen MR) is 107 cm³/mol. The van der Waals surface area contributed by atoms with E-state index in [1.54, 1.807) is 16.2 Å². The normalized spacial score (nSPS) is 23.1. The highest BCUT2D eigenvalue weighted by atomic mass is 32.1. The minimum atomic E-state index is -0.391. The number of thiazole rings is 1. The first-order chi connectivity index (χ1) is 13.0. The molecule has 4 rings (SSSR count). The van der Waals surface area contributed by atoms with Crippen molar-refractivity contribution in [2.45, 2.75) is 38.8 Å². The van der Waals surface area contributed by atoms with Gasteiger partial charge < -0.3 is 10.0 Å². The highest BCUT2D eigenvalue weighted by molar-refractivity contribution is 7.15. The number of piperidine rings is 2. The third-order valence-electron chi connectivity index (χ3n) is 6.03. The Morgan fingerprint density at radius 3 is 2.78 bits per heavy atom. The van der Waals surface area contributed by atoms with E-state index in [4.69, 9.17) is 0 Å². The van der Waals surface area contributed by atoms with E-state index in [2.05, 4.69) is 41.1 Å². The van der Waals surface area contributed by atoms with Crippen molar-refractivity contribution in [3.05, 3.63) is 40.9 Å². The molecule has 2 aromatic rings. The van der Waals surface area contributed by atoms with E-state index in [-0.39, 0.29) is 11.3 Å². The van der Waals surface area contributed by atoms with E-state index >= 15 is 0 Å². The molecule has 2 aliphatic heterocycles. The number of β-amino-alcohol motifs (C(OH)–C–C–N with tert-alkyl or cyclic N) is 1. The zero-order valence-electron chi connectivity index (χ0n) is 16.0. The molecule has 2 aliphatic rings. The van der Waals surface area contributed by atoms with Crippen molar-refractivity contribution < 1.29 is 9.90 Å². The van der Waals surface area contributed by atoms with E-state index < -0.39 is 6.10 Å². The topological polar surface area (TPSA) is 56.7 Å². The number of rotatable bonds is 3. The standard InChI is InChI=1S/C21H27N3O2S/c1-15-5-3-4-6-18(15)19-22-12-17(27-19)14-24-9-7-21(8-10-24)11-16(25)13-23(2)20(21)26/h3-6,12,16,25H,7-11,13-14H2,1-2H3. The molecule has 2 fully saturated rings. The highest BCUT2D eigenvalue weighted by Crippen LogP contribution is 2.41. The van der Waals surface area contributed by atoms with Crippen LogP contribution in [0.25, 0.3) is 10.6 Å². The Morgan fingerprint density at radius 2 is 2.04 bits per heavy atom. The maximum Gasteiger partial charge on any atom is 0.228 e. The van der Waals surface area contributed by atoms with Crippen molar-refractivity contribution in [3.8, 4) is 10.6 Å². The fourth-order valence-electron chi connectivity index (χ4n) is 4.50. The quantitative estimate of drug-likeness (QED) is 0.883. The third kappa shape index (κ3) is 3.66. The lowest BCUT2D eigenvalue weighted by Crippen LogP contribution is -2.56. The average molecular weight is 386 g/mol. The molecule has 0 radical (unpaired) electrons. The van der Waals surface area contributed by atoms with Crippen LogP contribution in [0.1, 0.15) is 29.7 Å². The van der Waals surface area contributed by atoms with Crippen molar-refractivity contribution in [3.63, 3.8) is 0 Å². The fraction of sp³-hybridized carbons (Fsp3) is 0.524. The highest BCUT2D eigenvalue weighted by Gasteiger charge is 2.47. The summed E-state index contributed by atoms with van der Waals surface area (Å²) in [7, 11) is 1.81. The van der Waals surface area contributed by atoms with Crippen molar-refractivity contribution in [2.75, 3.05) is 26.7 Å². The Bertz CT molecular complexity index is 826. The zero-order valence-corrected chi connectivity index (χ0v) is 16.8. The molecule has 144 valence electrons. The molecule has 27 heavy (non-hydrogen) atoms. The number of aromatic nitrogens is 1. The monoisotopic (exact) mass is 385 g/mol. The molecule has 1 unspecified atom stereocenters. The summed E-state index contributed by atoms with van der Waals surface area (Å²) < 4.78 is 0. The van der Waals surface area contributed by atoms with Crippen LogP contribution in [-0.2, 0) is 11.3 Å². The first-order valence-electron chi connectivity index (χ1n) is 9.63. The van der Waals surface area contributed by atoms with Gasteiger partial charge >= 0.3 is 0 Å². The Morgan fingerprint density at radius 1 is 1.30 bits per heavy atom. The molecule has 0 bridgehead atoms. The van der Waals surface area contributed by atoms with Crippen LogP contribution >= 0.6 is 11.3 Å². The molecule has 5 nitrogen and oxygen atoms in total. The summed E-state index contributed by atoms with van der Waals surface area (Å²) in [6.45, 7) is 5.25. The fourth-order valence-corrected chi connectivity index (χ4v) is 5.55. The Hall–Kier alpha value is -1.76. The molecule has 0 aliphatic carbocycles. The average Bonchev–Trinajstić information content (AvgIpc) is 3.10. The smallest absolute Gasteiger partial charge is 0.228 e. The zero-order chi connectivity index (χ0) is 19.0. The molecule has 1 spiro atoms. The molecule has 1 atom stereocenters. The van der Waals surface area contributed by atoms with Gasteiger partial charge in [-0.3, -0.25) is 9.69 Å². The van der Waals surface area contributed by atoms with Crippen LogP contribution in [0.4, 0.5) is 0 Å². The lowest BCUT2D eigenvalue weighted by molar-refractivity contribution is -0.154. The summed E-state index contributed by atoms with van der Waals surface area (Å²) in [5.41, 5.74) is 2.09. The van der Waals surface area contributed by atoms with Crippen molar-refractivity contribution in [1.29, 1.82) is 0 Å². The molecule has 1 aromatic heterocycles. The van der Waals surface area contributed by atoms with E-state index in [0.29, 0.717) is 13.0 Å². The molecular weight excluding hydrogens is 358 g/mol. The molecular formula is C21H27N3O2S. The Balaban J connectivity index is 1.40.